The molecule has 0 saturated heterocycles. The Morgan fingerprint density at radius 2 is 1.75 bits per heavy atom. The summed E-state index contributed by atoms with van der Waals surface area (Å²) >= 11 is 10.9. The lowest BCUT2D eigenvalue weighted by molar-refractivity contribution is -0.118. The third kappa shape index (κ3) is 3.32. The number of nitrogens with one attached hydrogen (secondary N) is 1. The van der Waals surface area contributed by atoms with Crippen molar-refractivity contribution in [1.29, 1.82) is 5.26 Å². The summed E-state index contributed by atoms with van der Waals surface area (Å²) in [4.78, 5) is 14.5. The molecule has 1 N–H and O–H groups in total. The van der Waals surface area contributed by atoms with E-state index in [0.717, 1.165) is 22.0 Å². The maximum Gasteiger partial charge on any atom is 0.266 e. The maximum absolute atomic E-state index is 12.7. The van der Waals surface area contributed by atoms with Gasteiger partial charge in [0.2, 0.25) is 0 Å². The van der Waals surface area contributed by atoms with Crippen LogP contribution in [0.25, 0.3) is 22.1 Å². The fraction of sp³-hybridized carbons (Fsp3) is 0.0400. The molecule has 0 bridgehead atoms. The van der Waals surface area contributed by atoms with E-state index < -0.39 is 12.1 Å². The van der Waals surface area contributed by atoms with E-state index in [4.69, 9.17) is 16.0 Å². The molecule has 1 atom stereocenters. The summed E-state index contributed by atoms with van der Waals surface area (Å²) in [6.07, 6.45) is -0.700. The molecule has 1 aromatic heterocycles. The number of hydrogen-bond acceptors (Lipinski definition) is 5. The van der Waals surface area contributed by atoms with Crippen LogP contribution in [-0.2, 0) is 4.79 Å². The molecular formula is C25H16ClN3O2S. The molecule has 1 unspecified atom stereocenters. The van der Waals surface area contributed by atoms with Gasteiger partial charge in [-0.3, -0.25) is 4.79 Å². The van der Waals surface area contributed by atoms with Gasteiger partial charge in [0, 0.05) is 10.9 Å². The van der Waals surface area contributed by atoms with Gasteiger partial charge >= 0.3 is 0 Å². The number of carbonyl (C=O) groups excluding carboxylic acids is 1. The summed E-state index contributed by atoms with van der Waals surface area (Å²) in [7, 11) is 0. The average Bonchev–Trinajstić information content (AvgIpc) is 3.29. The Kier molecular flexibility index (Phi) is 5.14. The van der Waals surface area contributed by atoms with Gasteiger partial charge < -0.3 is 14.6 Å². The van der Waals surface area contributed by atoms with Crippen molar-refractivity contribution in [1.82, 2.24) is 5.32 Å². The van der Waals surface area contributed by atoms with Gasteiger partial charge in [0.15, 0.2) is 6.17 Å². The van der Waals surface area contributed by atoms with Crippen LogP contribution >= 0.6 is 24.2 Å². The predicted octanol–water partition coefficient (Wildman–Crippen LogP) is 6.05. The highest BCUT2D eigenvalue weighted by Gasteiger charge is 2.36. The Labute approximate surface area is 194 Å². The molecule has 2 heterocycles. The third-order valence-corrected chi connectivity index (χ3v) is 6.15. The molecule has 0 radical (unpaired) electrons. The van der Waals surface area contributed by atoms with Crippen molar-refractivity contribution in [3.05, 3.63) is 100 Å². The van der Waals surface area contributed by atoms with Crippen LogP contribution in [-0.4, -0.2) is 5.91 Å². The molecule has 1 amide bonds. The van der Waals surface area contributed by atoms with Crippen LogP contribution in [0.5, 0.6) is 0 Å². The first kappa shape index (κ1) is 20.3. The second-order valence-corrected chi connectivity index (χ2v) is 8.07. The minimum atomic E-state index is -0.700. The van der Waals surface area contributed by atoms with Gasteiger partial charge in [-0.2, -0.15) is 5.26 Å². The number of benzene rings is 3. The van der Waals surface area contributed by atoms with Gasteiger partial charge in [-0.1, -0.05) is 60.1 Å². The zero-order valence-electron chi connectivity index (χ0n) is 16.6. The molecule has 156 valence electrons. The molecule has 0 spiro atoms. The number of rotatable bonds is 3. The molecule has 32 heavy (non-hydrogen) atoms. The zero-order valence-corrected chi connectivity index (χ0v) is 18.3. The van der Waals surface area contributed by atoms with E-state index >= 15 is 0 Å². The van der Waals surface area contributed by atoms with E-state index in [1.807, 2.05) is 72.8 Å². The fourth-order valence-electron chi connectivity index (χ4n) is 3.88. The Morgan fingerprint density at radius 3 is 2.56 bits per heavy atom. The number of thiol groups is 1. The molecule has 4 aromatic rings. The minimum absolute atomic E-state index is 0.0598. The topological polar surface area (TPSA) is 69.3 Å². The van der Waals surface area contributed by atoms with Crippen LogP contribution < -0.4 is 10.2 Å². The van der Waals surface area contributed by atoms with Crippen LogP contribution in [0.2, 0.25) is 5.02 Å². The number of carbonyl (C=O) groups is 1. The van der Waals surface area contributed by atoms with Gasteiger partial charge in [-0.05, 0) is 35.7 Å². The van der Waals surface area contributed by atoms with Crippen molar-refractivity contribution in [3.8, 4) is 17.4 Å². The molecule has 0 aliphatic carbocycles. The summed E-state index contributed by atoms with van der Waals surface area (Å²) in [6.45, 7) is 0. The minimum Gasteiger partial charge on any atom is -0.457 e. The number of nitrogens with zero attached hydrogens (tertiary/aromatic N) is 2. The summed E-state index contributed by atoms with van der Waals surface area (Å²) in [5.41, 5.74) is 1.48. The first-order valence-electron chi connectivity index (χ1n) is 9.84. The molecule has 7 heteroatoms. The maximum atomic E-state index is 12.7. The van der Waals surface area contributed by atoms with E-state index in [0.29, 0.717) is 16.5 Å². The summed E-state index contributed by atoms with van der Waals surface area (Å²) in [5, 5.41) is 15.3. The number of amides is 1. The number of furan rings is 1. The standard InChI is InChI=1S/C25H16ClN3O2S/c26-19-10-4-3-9-17(19)21-12-13-22(31-21)23-28-24(30)18(14-27)25(32)29(23)20-11-5-7-15-6-1-2-8-16(15)20/h1-13,23,32H,(H,28,30). The molecular weight excluding hydrogens is 442 g/mol. The third-order valence-electron chi connectivity index (χ3n) is 5.38. The lowest BCUT2D eigenvalue weighted by Crippen LogP contribution is -2.46. The fourth-order valence-corrected chi connectivity index (χ4v) is 4.49. The predicted molar refractivity (Wildman–Crippen MR) is 128 cm³/mol. The Morgan fingerprint density at radius 1 is 1.00 bits per heavy atom. The quantitative estimate of drug-likeness (QED) is 0.367. The molecule has 1 aliphatic heterocycles. The highest BCUT2D eigenvalue weighted by atomic mass is 35.5. The van der Waals surface area contributed by atoms with Crippen LogP contribution in [0.15, 0.2) is 93.9 Å². The lowest BCUT2D eigenvalue weighted by Gasteiger charge is -2.37. The monoisotopic (exact) mass is 457 g/mol. The second-order valence-electron chi connectivity index (χ2n) is 7.24. The first-order valence-corrected chi connectivity index (χ1v) is 10.7. The second kappa shape index (κ2) is 8.12. The van der Waals surface area contributed by atoms with Crippen LogP contribution in [0.4, 0.5) is 5.69 Å². The van der Waals surface area contributed by atoms with Crippen LogP contribution in [0.3, 0.4) is 0 Å². The highest BCUT2D eigenvalue weighted by Crippen LogP contribution is 2.40. The number of fused-ring (bicyclic) bond motifs is 1. The Balaban J connectivity index is 1.68. The van der Waals surface area contributed by atoms with Crippen molar-refractivity contribution in [3.63, 3.8) is 0 Å². The average molecular weight is 458 g/mol. The van der Waals surface area contributed by atoms with Crippen LogP contribution in [0, 0.1) is 11.3 Å². The molecule has 5 nitrogen and oxygen atoms in total. The number of nitriles is 1. The van der Waals surface area contributed by atoms with E-state index in [2.05, 4.69) is 17.9 Å². The largest absolute Gasteiger partial charge is 0.457 e. The SMILES string of the molecule is N#CC1=C(S)N(c2cccc3ccccc23)C(c2ccc(-c3ccccc3Cl)o2)NC1=O. The van der Waals surface area contributed by atoms with Crippen molar-refractivity contribution in [2.24, 2.45) is 0 Å². The lowest BCUT2D eigenvalue weighted by atomic mass is 10.1. The number of hydrogen-bond donors (Lipinski definition) is 2. The van der Waals surface area contributed by atoms with Gasteiger partial charge in [0.1, 0.15) is 23.2 Å². The first-order chi connectivity index (χ1) is 15.6. The van der Waals surface area contributed by atoms with Crippen LogP contribution in [0.1, 0.15) is 11.9 Å². The van der Waals surface area contributed by atoms with Gasteiger partial charge in [-0.25, -0.2) is 0 Å². The van der Waals surface area contributed by atoms with Gasteiger partial charge in [-0.15, -0.1) is 12.6 Å². The Hall–Kier alpha value is -3.66. The van der Waals surface area contributed by atoms with E-state index in [1.165, 1.54) is 0 Å². The summed E-state index contributed by atoms with van der Waals surface area (Å²) < 4.78 is 6.14. The molecule has 3 aromatic carbocycles. The molecule has 0 fully saturated rings. The summed E-state index contributed by atoms with van der Waals surface area (Å²) in [6, 6.07) is 26.7. The Bertz CT molecular complexity index is 1430. The zero-order chi connectivity index (χ0) is 22.2. The van der Waals surface area contributed by atoms with Crippen molar-refractivity contribution >= 4 is 46.6 Å². The van der Waals surface area contributed by atoms with Gasteiger partial charge in [0.05, 0.1) is 15.7 Å². The van der Waals surface area contributed by atoms with Gasteiger partial charge in [0.25, 0.3) is 5.91 Å². The number of anilines is 1. The van der Waals surface area contributed by atoms with Crippen molar-refractivity contribution < 1.29 is 9.21 Å². The van der Waals surface area contributed by atoms with Crippen molar-refractivity contribution in [2.75, 3.05) is 4.90 Å². The normalized spacial score (nSPS) is 16.2. The smallest absolute Gasteiger partial charge is 0.266 e. The van der Waals surface area contributed by atoms with E-state index in [9.17, 15) is 10.1 Å². The molecule has 5 rings (SSSR count). The van der Waals surface area contributed by atoms with E-state index in [1.54, 1.807) is 17.0 Å². The van der Waals surface area contributed by atoms with E-state index in [-0.39, 0.29) is 10.6 Å². The highest BCUT2D eigenvalue weighted by molar-refractivity contribution is 7.84. The summed E-state index contributed by atoms with van der Waals surface area (Å²) in [5.74, 6) is 0.563. The molecule has 1 aliphatic rings. The van der Waals surface area contributed by atoms with Crippen molar-refractivity contribution in [2.45, 2.75) is 6.17 Å². The number of halogens is 1. The molecule has 0 saturated carbocycles.